The molecule has 3 N–H and O–H groups in total. The van der Waals surface area contributed by atoms with Crippen molar-refractivity contribution in [1.29, 1.82) is 0 Å². The largest absolute Gasteiger partial charge is 0.480 e. The van der Waals surface area contributed by atoms with E-state index in [0.717, 1.165) is 22.6 Å². The molecule has 2 aromatic rings. The number of hydrogen-bond donors (Lipinski definition) is 3. The maximum absolute atomic E-state index is 13.4. The van der Waals surface area contributed by atoms with Crippen molar-refractivity contribution in [3.05, 3.63) is 48.0 Å². The maximum atomic E-state index is 13.4. The number of sulfonamides is 1. The molecule has 33 heavy (non-hydrogen) atoms. The van der Waals surface area contributed by atoms with Crippen LogP contribution in [0.5, 0.6) is 0 Å². The second-order valence-electron chi connectivity index (χ2n) is 8.89. The van der Waals surface area contributed by atoms with Crippen molar-refractivity contribution in [3.63, 3.8) is 0 Å². The summed E-state index contributed by atoms with van der Waals surface area (Å²) in [6.07, 6.45) is 1.94. The summed E-state index contributed by atoms with van der Waals surface area (Å²) in [6, 6.07) is 12.7. The first-order chi connectivity index (χ1) is 15.7. The van der Waals surface area contributed by atoms with Gasteiger partial charge < -0.3 is 19.9 Å². The van der Waals surface area contributed by atoms with Gasteiger partial charge in [0.25, 0.3) is 0 Å². The van der Waals surface area contributed by atoms with E-state index in [-0.39, 0.29) is 12.3 Å². The normalized spacial score (nSPS) is 17.4. The summed E-state index contributed by atoms with van der Waals surface area (Å²) in [5.41, 5.74) is 0.898. The third-order valence-corrected chi connectivity index (χ3v) is 6.19. The van der Waals surface area contributed by atoms with Gasteiger partial charge in [0.1, 0.15) is 6.04 Å². The van der Waals surface area contributed by atoms with Crippen molar-refractivity contribution in [2.24, 2.45) is 5.92 Å². The number of carbonyl (C=O) groups excluding carboxylic acids is 1. The van der Waals surface area contributed by atoms with Crippen molar-refractivity contribution in [2.75, 3.05) is 32.6 Å². The van der Waals surface area contributed by atoms with Gasteiger partial charge in [0.05, 0.1) is 12.2 Å². The fourth-order valence-corrected chi connectivity index (χ4v) is 4.77. The second kappa shape index (κ2) is 11.9. The highest BCUT2D eigenvalue weighted by molar-refractivity contribution is 7.88. The molecule has 0 bridgehead atoms. The van der Waals surface area contributed by atoms with Crippen molar-refractivity contribution >= 4 is 33.8 Å². The first-order valence-corrected chi connectivity index (χ1v) is 13.3. The molecule has 1 amide bonds. The Balaban J connectivity index is 1.83. The standard InChI is InChI=1S/C23H34BN3O5S/c1-17(2)15-22(24-31-13-11-25-12-14-32-24)26-23(28)21(27-33(3,29)30)16-19-9-6-8-18-7-4-5-10-20(18)19/h4-10,17,21-22,25,27H,11-16H2,1-3H3,(H,26,28)/t21-,22-/m0/s1. The van der Waals surface area contributed by atoms with E-state index in [9.17, 15) is 13.2 Å². The molecule has 1 fully saturated rings. The molecule has 1 aliphatic rings. The summed E-state index contributed by atoms with van der Waals surface area (Å²) in [5.74, 6) is -0.510. The molecule has 0 aliphatic carbocycles. The number of benzene rings is 2. The van der Waals surface area contributed by atoms with Gasteiger partial charge in [-0.3, -0.25) is 4.79 Å². The predicted octanol–water partition coefficient (Wildman–Crippen LogP) is 1.49. The van der Waals surface area contributed by atoms with Crippen LogP contribution in [0.25, 0.3) is 10.8 Å². The van der Waals surface area contributed by atoms with Crippen LogP contribution in [0.15, 0.2) is 42.5 Å². The number of hydrogen-bond acceptors (Lipinski definition) is 6. The Morgan fingerprint density at radius 3 is 2.42 bits per heavy atom. The zero-order valence-corrected chi connectivity index (χ0v) is 20.4. The molecular formula is C23H34BN3O5S. The number of amides is 1. The molecule has 0 saturated carbocycles. The number of carbonyl (C=O) groups is 1. The summed E-state index contributed by atoms with van der Waals surface area (Å²) >= 11 is 0. The van der Waals surface area contributed by atoms with Gasteiger partial charge in [-0.05, 0) is 35.1 Å². The lowest BCUT2D eigenvalue weighted by Gasteiger charge is -2.29. The van der Waals surface area contributed by atoms with Crippen LogP contribution in [0.2, 0.25) is 0 Å². The number of fused-ring (bicyclic) bond motifs is 1. The third kappa shape index (κ3) is 8.08. The van der Waals surface area contributed by atoms with Crippen LogP contribution < -0.4 is 15.4 Å². The van der Waals surface area contributed by atoms with Gasteiger partial charge in [0, 0.05) is 26.3 Å². The van der Waals surface area contributed by atoms with Gasteiger partial charge in [-0.1, -0.05) is 56.3 Å². The molecule has 0 aromatic heterocycles. The first kappa shape index (κ1) is 25.6. The van der Waals surface area contributed by atoms with Crippen molar-refractivity contribution < 1.29 is 22.5 Å². The second-order valence-corrected chi connectivity index (χ2v) is 10.7. The minimum Gasteiger partial charge on any atom is -0.408 e. The molecule has 1 aliphatic heterocycles. The van der Waals surface area contributed by atoms with E-state index in [1.54, 1.807) is 0 Å². The Morgan fingerprint density at radius 2 is 1.76 bits per heavy atom. The summed E-state index contributed by atoms with van der Waals surface area (Å²) in [4.78, 5) is 13.4. The van der Waals surface area contributed by atoms with Gasteiger partial charge in [-0.25, -0.2) is 13.1 Å². The van der Waals surface area contributed by atoms with Crippen LogP contribution in [0.4, 0.5) is 0 Å². The maximum Gasteiger partial charge on any atom is 0.480 e. The van der Waals surface area contributed by atoms with Gasteiger partial charge in [0.2, 0.25) is 15.9 Å². The lowest BCUT2D eigenvalue weighted by molar-refractivity contribution is -0.123. The van der Waals surface area contributed by atoms with E-state index in [2.05, 4.69) is 29.2 Å². The van der Waals surface area contributed by atoms with E-state index in [1.165, 1.54) is 0 Å². The Kier molecular flexibility index (Phi) is 9.28. The zero-order valence-electron chi connectivity index (χ0n) is 19.5. The van der Waals surface area contributed by atoms with Crippen molar-refractivity contribution in [3.8, 4) is 0 Å². The predicted molar refractivity (Wildman–Crippen MR) is 131 cm³/mol. The highest BCUT2D eigenvalue weighted by Gasteiger charge is 2.35. The fraction of sp³-hybridized carbons (Fsp3) is 0.522. The Hall–Kier alpha value is -1.98. The fourth-order valence-electron chi connectivity index (χ4n) is 4.07. The number of nitrogens with one attached hydrogen (secondary N) is 3. The SMILES string of the molecule is CC(C)C[C@H](NC(=O)[C@H](Cc1cccc2ccccc12)NS(C)(=O)=O)B1OCCNCCO1. The van der Waals surface area contributed by atoms with Gasteiger partial charge >= 0.3 is 7.12 Å². The molecule has 10 heteroatoms. The molecule has 2 aromatic carbocycles. The highest BCUT2D eigenvalue weighted by Crippen LogP contribution is 2.20. The number of rotatable bonds is 9. The average Bonchev–Trinajstić information content (AvgIpc) is 2.71. The summed E-state index contributed by atoms with van der Waals surface area (Å²) in [6.45, 7) is 6.48. The molecule has 8 nitrogen and oxygen atoms in total. The molecule has 1 saturated heterocycles. The summed E-state index contributed by atoms with van der Waals surface area (Å²) in [7, 11) is -4.21. The molecular weight excluding hydrogens is 441 g/mol. The monoisotopic (exact) mass is 475 g/mol. The molecule has 3 rings (SSSR count). The third-order valence-electron chi connectivity index (χ3n) is 5.48. The van der Waals surface area contributed by atoms with Crippen LogP contribution in [0.1, 0.15) is 25.8 Å². The van der Waals surface area contributed by atoms with Gasteiger partial charge in [0.15, 0.2) is 0 Å². The highest BCUT2D eigenvalue weighted by atomic mass is 32.2. The molecule has 0 spiro atoms. The molecule has 0 unspecified atom stereocenters. The quantitative estimate of drug-likeness (QED) is 0.475. The van der Waals surface area contributed by atoms with Crippen LogP contribution >= 0.6 is 0 Å². The van der Waals surface area contributed by atoms with E-state index in [4.69, 9.17) is 9.31 Å². The lowest BCUT2D eigenvalue weighted by atomic mass is 9.73. The molecule has 180 valence electrons. The zero-order chi connectivity index (χ0) is 23.8. The summed E-state index contributed by atoms with van der Waals surface area (Å²) < 4.78 is 38.5. The topological polar surface area (TPSA) is 106 Å². The van der Waals surface area contributed by atoms with Crippen LogP contribution in [-0.2, 0) is 30.5 Å². The molecule has 0 radical (unpaired) electrons. The van der Waals surface area contributed by atoms with Gasteiger partial charge in [-0.15, -0.1) is 0 Å². The average molecular weight is 475 g/mol. The molecule has 2 atom stereocenters. The van der Waals surface area contributed by atoms with Crippen LogP contribution in [0.3, 0.4) is 0 Å². The van der Waals surface area contributed by atoms with E-state index in [1.807, 2.05) is 42.5 Å². The van der Waals surface area contributed by atoms with Crippen molar-refractivity contribution in [2.45, 2.75) is 38.7 Å². The smallest absolute Gasteiger partial charge is 0.408 e. The minimum atomic E-state index is -3.62. The van der Waals surface area contributed by atoms with Crippen LogP contribution in [0, 0.1) is 5.92 Å². The summed E-state index contributed by atoms with van der Waals surface area (Å²) in [5, 5.41) is 8.25. The Labute approximate surface area is 197 Å². The van der Waals surface area contributed by atoms with E-state index < -0.39 is 35.0 Å². The van der Waals surface area contributed by atoms with Crippen molar-refractivity contribution in [1.82, 2.24) is 15.4 Å². The van der Waals surface area contributed by atoms with E-state index in [0.29, 0.717) is 32.7 Å². The Bertz CT molecular complexity index is 1020. The lowest BCUT2D eigenvalue weighted by Crippen LogP contribution is -2.57. The van der Waals surface area contributed by atoms with E-state index >= 15 is 0 Å². The van der Waals surface area contributed by atoms with Gasteiger partial charge in [-0.2, -0.15) is 0 Å². The Morgan fingerprint density at radius 1 is 1.09 bits per heavy atom. The minimum absolute atomic E-state index is 0.227. The molecule has 1 heterocycles. The van der Waals surface area contributed by atoms with Crippen LogP contribution in [-0.4, -0.2) is 66.0 Å². The first-order valence-electron chi connectivity index (χ1n) is 11.4.